The van der Waals surface area contributed by atoms with E-state index < -0.39 is 0 Å². The summed E-state index contributed by atoms with van der Waals surface area (Å²) in [5.74, 6) is 0.493. The Hall–Kier alpha value is -1.51. The Bertz CT molecular complexity index is 350. The van der Waals surface area contributed by atoms with Crippen molar-refractivity contribution in [3.63, 3.8) is 0 Å². The first kappa shape index (κ1) is 11.0. The maximum Gasteiger partial charge on any atom is 0.317 e. The Morgan fingerprint density at radius 2 is 2.12 bits per heavy atom. The number of piperidine rings is 1. The molecule has 2 amide bonds. The molecular weight excluding hydrogens is 200 g/mol. The van der Waals surface area contributed by atoms with Gasteiger partial charge in [0.2, 0.25) is 0 Å². The fourth-order valence-corrected chi connectivity index (χ4v) is 2.32. The first-order chi connectivity index (χ1) is 7.81. The van der Waals surface area contributed by atoms with E-state index in [1.807, 2.05) is 11.0 Å². The van der Waals surface area contributed by atoms with Crippen molar-refractivity contribution in [1.82, 2.24) is 10.2 Å². The van der Waals surface area contributed by atoms with Crippen LogP contribution < -0.4 is 5.32 Å². The Kier molecular flexibility index (Phi) is 3.44. The van der Waals surface area contributed by atoms with Crippen LogP contribution in [0, 0.1) is 0 Å². The summed E-state index contributed by atoms with van der Waals surface area (Å²) >= 11 is 0. The lowest BCUT2D eigenvalue weighted by Gasteiger charge is -2.32. The van der Waals surface area contributed by atoms with Crippen LogP contribution in [0.5, 0.6) is 0 Å². The Morgan fingerprint density at radius 3 is 2.81 bits per heavy atom. The first-order valence-corrected chi connectivity index (χ1v) is 5.83. The summed E-state index contributed by atoms with van der Waals surface area (Å²) in [5.41, 5.74) is 1.34. The minimum atomic E-state index is 0.0423. The largest absolute Gasteiger partial charge is 0.341 e. The van der Waals surface area contributed by atoms with Gasteiger partial charge in [0.1, 0.15) is 0 Å². The van der Waals surface area contributed by atoms with Gasteiger partial charge in [0, 0.05) is 26.1 Å². The topological polar surface area (TPSA) is 32.3 Å². The normalized spacial score (nSPS) is 20.6. The highest BCUT2D eigenvalue weighted by Crippen LogP contribution is 2.26. The SMILES string of the molecule is CNC(=O)N1CCCC(c2ccccc2)C1. The molecule has 0 spiro atoms. The van der Waals surface area contributed by atoms with Crippen LogP contribution in [0.4, 0.5) is 4.79 Å². The van der Waals surface area contributed by atoms with Crippen molar-refractivity contribution >= 4 is 6.03 Å². The van der Waals surface area contributed by atoms with Gasteiger partial charge in [-0.25, -0.2) is 4.79 Å². The molecule has 0 saturated carbocycles. The van der Waals surface area contributed by atoms with Crippen molar-refractivity contribution in [2.75, 3.05) is 20.1 Å². The smallest absolute Gasteiger partial charge is 0.317 e. The van der Waals surface area contributed by atoms with Crippen molar-refractivity contribution in [3.8, 4) is 0 Å². The third kappa shape index (κ3) is 2.35. The summed E-state index contributed by atoms with van der Waals surface area (Å²) in [7, 11) is 1.69. The van der Waals surface area contributed by atoms with Gasteiger partial charge in [0.15, 0.2) is 0 Å². The highest BCUT2D eigenvalue weighted by molar-refractivity contribution is 5.74. The molecule has 0 bridgehead atoms. The third-order valence-electron chi connectivity index (χ3n) is 3.19. The van der Waals surface area contributed by atoms with E-state index in [0.717, 1.165) is 19.5 Å². The van der Waals surface area contributed by atoms with Crippen LogP contribution in [0.2, 0.25) is 0 Å². The zero-order valence-corrected chi connectivity index (χ0v) is 9.65. The van der Waals surface area contributed by atoms with E-state index in [1.54, 1.807) is 7.05 Å². The molecule has 2 rings (SSSR count). The van der Waals surface area contributed by atoms with Crippen LogP contribution >= 0.6 is 0 Å². The third-order valence-corrected chi connectivity index (χ3v) is 3.19. The second-order valence-corrected chi connectivity index (χ2v) is 4.25. The van der Waals surface area contributed by atoms with Gasteiger partial charge in [-0.05, 0) is 18.4 Å². The molecule has 3 heteroatoms. The van der Waals surface area contributed by atoms with E-state index in [9.17, 15) is 4.79 Å². The van der Waals surface area contributed by atoms with Crippen LogP contribution in [0.15, 0.2) is 30.3 Å². The average molecular weight is 218 g/mol. The molecule has 3 nitrogen and oxygen atoms in total. The molecule has 1 aliphatic rings. The van der Waals surface area contributed by atoms with Crippen LogP contribution in [-0.4, -0.2) is 31.1 Å². The Labute approximate surface area is 96.5 Å². The van der Waals surface area contributed by atoms with E-state index in [4.69, 9.17) is 0 Å². The molecule has 1 fully saturated rings. The van der Waals surface area contributed by atoms with Crippen LogP contribution in [0.1, 0.15) is 24.3 Å². The number of nitrogens with zero attached hydrogens (tertiary/aromatic N) is 1. The van der Waals surface area contributed by atoms with Gasteiger partial charge in [0.25, 0.3) is 0 Å². The van der Waals surface area contributed by atoms with Crippen molar-refractivity contribution in [2.45, 2.75) is 18.8 Å². The number of benzene rings is 1. The Morgan fingerprint density at radius 1 is 1.38 bits per heavy atom. The number of amides is 2. The summed E-state index contributed by atoms with van der Waals surface area (Å²) in [5, 5.41) is 2.69. The van der Waals surface area contributed by atoms with Crippen molar-refractivity contribution in [3.05, 3.63) is 35.9 Å². The molecule has 0 radical (unpaired) electrons. The van der Waals surface area contributed by atoms with E-state index in [0.29, 0.717) is 5.92 Å². The summed E-state index contributed by atoms with van der Waals surface area (Å²) in [6, 6.07) is 10.5. The molecule has 16 heavy (non-hydrogen) atoms. The van der Waals surface area contributed by atoms with E-state index in [2.05, 4.69) is 29.6 Å². The van der Waals surface area contributed by atoms with Crippen LogP contribution in [-0.2, 0) is 0 Å². The molecule has 1 heterocycles. The molecule has 1 unspecified atom stereocenters. The number of likely N-dealkylation sites (tertiary alicyclic amines) is 1. The van der Waals surface area contributed by atoms with Gasteiger partial charge in [-0.2, -0.15) is 0 Å². The molecule has 86 valence electrons. The van der Waals surface area contributed by atoms with Crippen LogP contribution in [0.25, 0.3) is 0 Å². The average Bonchev–Trinajstić information content (AvgIpc) is 2.39. The van der Waals surface area contributed by atoms with Crippen molar-refractivity contribution < 1.29 is 4.79 Å². The summed E-state index contributed by atoms with van der Waals surface area (Å²) in [6.07, 6.45) is 2.27. The molecule has 1 aliphatic heterocycles. The van der Waals surface area contributed by atoms with Gasteiger partial charge in [-0.3, -0.25) is 0 Å². The molecule has 1 N–H and O–H groups in total. The standard InChI is InChI=1S/C13H18N2O/c1-14-13(16)15-9-5-8-12(10-15)11-6-3-2-4-7-11/h2-4,6-7,12H,5,8-10H2,1H3,(H,14,16). The second-order valence-electron chi connectivity index (χ2n) is 4.25. The van der Waals surface area contributed by atoms with Crippen LogP contribution in [0.3, 0.4) is 0 Å². The number of rotatable bonds is 1. The number of carbonyl (C=O) groups excluding carboxylic acids is 1. The number of carbonyl (C=O) groups is 1. The maximum absolute atomic E-state index is 11.6. The van der Waals surface area contributed by atoms with Gasteiger partial charge < -0.3 is 10.2 Å². The number of hydrogen-bond acceptors (Lipinski definition) is 1. The number of urea groups is 1. The molecule has 0 aromatic heterocycles. The highest BCUT2D eigenvalue weighted by atomic mass is 16.2. The minimum Gasteiger partial charge on any atom is -0.341 e. The maximum atomic E-state index is 11.6. The van der Waals surface area contributed by atoms with E-state index in [1.165, 1.54) is 12.0 Å². The fourth-order valence-electron chi connectivity index (χ4n) is 2.32. The van der Waals surface area contributed by atoms with Gasteiger partial charge in [0.05, 0.1) is 0 Å². The van der Waals surface area contributed by atoms with E-state index in [-0.39, 0.29) is 6.03 Å². The quantitative estimate of drug-likeness (QED) is 0.770. The number of nitrogens with one attached hydrogen (secondary N) is 1. The minimum absolute atomic E-state index is 0.0423. The summed E-state index contributed by atoms with van der Waals surface area (Å²) in [6.45, 7) is 1.71. The first-order valence-electron chi connectivity index (χ1n) is 5.83. The lowest BCUT2D eigenvalue weighted by atomic mass is 9.91. The lowest BCUT2D eigenvalue weighted by molar-refractivity contribution is 0.182. The lowest BCUT2D eigenvalue weighted by Crippen LogP contribution is -2.43. The van der Waals surface area contributed by atoms with Crippen molar-refractivity contribution in [1.29, 1.82) is 0 Å². The zero-order valence-electron chi connectivity index (χ0n) is 9.65. The van der Waals surface area contributed by atoms with Crippen molar-refractivity contribution in [2.24, 2.45) is 0 Å². The van der Waals surface area contributed by atoms with Gasteiger partial charge in [-0.1, -0.05) is 30.3 Å². The number of hydrogen-bond donors (Lipinski definition) is 1. The molecular formula is C13H18N2O. The predicted molar refractivity (Wildman–Crippen MR) is 64.4 cm³/mol. The molecule has 0 aliphatic carbocycles. The summed E-state index contributed by atoms with van der Waals surface area (Å²) < 4.78 is 0. The van der Waals surface area contributed by atoms with Gasteiger partial charge >= 0.3 is 6.03 Å². The Balaban J connectivity index is 2.05. The monoisotopic (exact) mass is 218 g/mol. The van der Waals surface area contributed by atoms with E-state index >= 15 is 0 Å². The summed E-state index contributed by atoms with van der Waals surface area (Å²) in [4.78, 5) is 13.5. The predicted octanol–water partition coefficient (Wildman–Crippen LogP) is 2.21. The fraction of sp³-hybridized carbons (Fsp3) is 0.462. The zero-order chi connectivity index (χ0) is 11.4. The molecule has 1 aromatic rings. The molecule has 1 saturated heterocycles. The van der Waals surface area contributed by atoms with Gasteiger partial charge in [-0.15, -0.1) is 0 Å². The second kappa shape index (κ2) is 5.01. The molecule has 1 atom stereocenters. The molecule has 1 aromatic carbocycles. The highest BCUT2D eigenvalue weighted by Gasteiger charge is 2.23.